The van der Waals surface area contributed by atoms with Gasteiger partial charge in [0.1, 0.15) is 5.78 Å². The van der Waals surface area contributed by atoms with Gasteiger partial charge in [-0.15, -0.1) is 0 Å². The summed E-state index contributed by atoms with van der Waals surface area (Å²) in [6.45, 7) is 9.01. The Bertz CT molecular complexity index is 341. The van der Waals surface area contributed by atoms with Crippen molar-refractivity contribution in [2.45, 2.75) is 75.2 Å². The first-order valence-electron chi connectivity index (χ1n) is 9.14. The van der Waals surface area contributed by atoms with Crippen molar-refractivity contribution < 1.29 is 4.79 Å². The lowest BCUT2D eigenvalue weighted by molar-refractivity contribution is -0.118. The number of hydrogen-bond acceptors (Lipinski definition) is 3. The minimum absolute atomic E-state index is 0.386. The van der Waals surface area contributed by atoms with Gasteiger partial charge in [-0.25, -0.2) is 0 Å². The Balaban J connectivity index is 1.66. The van der Waals surface area contributed by atoms with E-state index >= 15 is 0 Å². The normalized spacial score (nSPS) is 24.5. The number of likely N-dealkylation sites (tertiary alicyclic amines) is 1. The molecule has 22 heavy (non-hydrogen) atoms. The van der Waals surface area contributed by atoms with Crippen LogP contribution in [0.1, 0.15) is 65.2 Å². The van der Waals surface area contributed by atoms with Gasteiger partial charge in [-0.05, 0) is 57.0 Å². The van der Waals surface area contributed by atoms with Crippen molar-refractivity contribution in [1.82, 2.24) is 10.2 Å². The maximum Gasteiger partial charge on any atom is 0.133 e. The molecule has 1 unspecified atom stereocenters. The van der Waals surface area contributed by atoms with Crippen molar-refractivity contribution in [2.24, 2.45) is 5.41 Å². The lowest BCUT2D eigenvalue weighted by Gasteiger charge is -2.46. The number of nitrogens with zero attached hydrogens (tertiary/aromatic N) is 1. The van der Waals surface area contributed by atoms with Crippen LogP contribution < -0.4 is 5.32 Å². The molecular formula is C18H33IN2O. The molecule has 2 rings (SSSR count). The van der Waals surface area contributed by atoms with Crippen molar-refractivity contribution in [3.8, 4) is 0 Å². The predicted molar refractivity (Wildman–Crippen MR) is 102 cm³/mol. The van der Waals surface area contributed by atoms with Crippen molar-refractivity contribution in [1.29, 1.82) is 0 Å². The third kappa shape index (κ3) is 5.75. The van der Waals surface area contributed by atoms with E-state index in [1.165, 1.54) is 58.2 Å². The van der Waals surface area contributed by atoms with Crippen molar-refractivity contribution in [2.75, 3.05) is 26.2 Å². The van der Waals surface area contributed by atoms with Crippen LogP contribution in [0, 0.1) is 5.41 Å². The number of nitrogens with one attached hydrogen (secondary N) is 1. The highest BCUT2D eigenvalue weighted by Crippen LogP contribution is 2.44. The number of Topliss-reactive ketones (excluding diaryl/α,β-unsaturated/α-hetero) is 1. The van der Waals surface area contributed by atoms with Crippen LogP contribution in [0.2, 0.25) is 0 Å². The topological polar surface area (TPSA) is 32.3 Å². The molecule has 0 amide bonds. The van der Waals surface area contributed by atoms with Gasteiger partial charge in [-0.1, -0.05) is 36.4 Å². The zero-order valence-corrected chi connectivity index (χ0v) is 16.5. The zero-order valence-electron chi connectivity index (χ0n) is 14.4. The standard InChI is InChI=1S/C18H33IN2O/c1-3-17(22)6-11-20-16-4-7-18(8-5-16)9-12-21(13-10-18)14-15(2)19/h15-16,20H,3-14H2,1-2H3. The molecule has 1 N–H and O–H groups in total. The van der Waals surface area contributed by atoms with Gasteiger partial charge in [-0.2, -0.15) is 0 Å². The molecule has 2 aliphatic rings. The maximum absolute atomic E-state index is 11.4. The number of rotatable bonds is 7. The van der Waals surface area contributed by atoms with Crippen LogP contribution in [0.25, 0.3) is 0 Å². The molecule has 4 heteroatoms. The SMILES string of the molecule is CCC(=O)CCNC1CCC2(CC1)CCN(CC(C)I)CC2. The molecule has 1 saturated carbocycles. The van der Waals surface area contributed by atoms with E-state index < -0.39 is 0 Å². The van der Waals surface area contributed by atoms with Gasteiger partial charge in [0.25, 0.3) is 0 Å². The molecule has 0 aromatic heterocycles. The second-order valence-corrected chi connectivity index (χ2v) is 9.58. The molecule has 0 aromatic rings. The third-order valence-corrected chi connectivity index (χ3v) is 6.10. The van der Waals surface area contributed by atoms with Gasteiger partial charge < -0.3 is 10.2 Å². The molecule has 1 spiro atoms. The van der Waals surface area contributed by atoms with Gasteiger partial charge in [0, 0.05) is 35.9 Å². The molecule has 1 heterocycles. The smallest absolute Gasteiger partial charge is 0.133 e. The summed E-state index contributed by atoms with van der Waals surface area (Å²) < 4.78 is 0.761. The molecule has 0 radical (unpaired) electrons. The van der Waals surface area contributed by atoms with E-state index in [-0.39, 0.29) is 0 Å². The number of piperidine rings is 1. The number of ketones is 1. The first-order chi connectivity index (χ1) is 10.5. The molecule has 1 aliphatic heterocycles. The van der Waals surface area contributed by atoms with Gasteiger partial charge in [0.2, 0.25) is 0 Å². The Hall–Kier alpha value is 0.320. The third-order valence-electron chi connectivity index (χ3n) is 5.70. The van der Waals surface area contributed by atoms with Crippen molar-refractivity contribution >= 4 is 28.4 Å². The minimum Gasteiger partial charge on any atom is -0.314 e. The first kappa shape index (κ1) is 18.7. The van der Waals surface area contributed by atoms with E-state index in [1.54, 1.807) is 0 Å². The lowest BCUT2D eigenvalue weighted by atomic mass is 9.67. The molecule has 1 saturated heterocycles. The molecule has 128 valence electrons. The molecule has 0 bridgehead atoms. The summed E-state index contributed by atoms with van der Waals surface area (Å²) in [6, 6.07) is 0.655. The first-order valence-corrected chi connectivity index (χ1v) is 10.4. The fourth-order valence-corrected chi connectivity index (χ4v) is 4.65. The highest BCUT2D eigenvalue weighted by molar-refractivity contribution is 14.1. The summed E-state index contributed by atoms with van der Waals surface area (Å²) in [5.41, 5.74) is 0.641. The van der Waals surface area contributed by atoms with E-state index in [2.05, 4.69) is 39.7 Å². The molecule has 3 nitrogen and oxygen atoms in total. The summed E-state index contributed by atoms with van der Waals surface area (Å²) in [4.78, 5) is 14.0. The van der Waals surface area contributed by atoms with Gasteiger partial charge in [0.05, 0.1) is 0 Å². The van der Waals surface area contributed by atoms with Crippen molar-refractivity contribution in [3.05, 3.63) is 0 Å². The largest absolute Gasteiger partial charge is 0.314 e. The van der Waals surface area contributed by atoms with Gasteiger partial charge in [-0.3, -0.25) is 4.79 Å². The number of halogens is 1. The van der Waals surface area contributed by atoms with E-state index in [0.717, 1.165) is 10.5 Å². The quantitative estimate of drug-likeness (QED) is 0.503. The Morgan fingerprint density at radius 3 is 2.45 bits per heavy atom. The van der Waals surface area contributed by atoms with Crippen LogP contribution in [-0.4, -0.2) is 46.8 Å². The monoisotopic (exact) mass is 420 g/mol. The van der Waals surface area contributed by atoms with E-state index in [1.807, 2.05) is 6.92 Å². The van der Waals surface area contributed by atoms with Crippen molar-refractivity contribution in [3.63, 3.8) is 0 Å². The van der Waals surface area contributed by atoms with Gasteiger partial charge >= 0.3 is 0 Å². The molecule has 2 fully saturated rings. The van der Waals surface area contributed by atoms with Crippen LogP contribution in [0.3, 0.4) is 0 Å². The molecule has 1 aliphatic carbocycles. The van der Waals surface area contributed by atoms with E-state index in [4.69, 9.17) is 0 Å². The highest BCUT2D eigenvalue weighted by Gasteiger charge is 2.37. The summed E-state index contributed by atoms with van der Waals surface area (Å²) in [7, 11) is 0. The number of hydrogen-bond donors (Lipinski definition) is 1. The van der Waals surface area contributed by atoms with Crippen LogP contribution in [0.4, 0.5) is 0 Å². The number of alkyl halides is 1. The number of carbonyl (C=O) groups excluding carboxylic acids is 1. The second-order valence-electron chi connectivity index (χ2n) is 7.45. The zero-order chi connectivity index (χ0) is 16.0. The highest BCUT2D eigenvalue weighted by atomic mass is 127. The average Bonchev–Trinajstić information content (AvgIpc) is 2.51. The van der Waals surface area contributed by atoms with Crippen LogP contribution >= 0.6 is 22.6 Å². The Morgan fingerprint density at radius 2 is 1.91 bits per heavy atom. The van der Waals surface area contributed by atoms with Crippen LogP contribution in [0.15, 0.2) is 0 Å². The summed E-state index contributed by atoms with van der Waals surface area (Å²) in [6.07, 6.45) is 9.59. The lowest BCUT2D eigenvalue weighted by Crippen LogP contribution is -2.45. The fourth-order valence-electron chi connectivity index (χ4n) is 4.09. The minimum atomic E-state index is 0.386. The summed E-state index contributed by atoms with van der Waals surface area (Å²) in [5, 5.41) is 3.61. The predicted octanol–water partition coefficient (Wildman–Crippen LogP) is 3.79. The second kappa shape index (κ2) is 8.97. The molecular weight excluding hydrogens is 387 g/mol. The Morgan fingerprint density at radius 1 is 1.27 bits per heavy atom. The maximum atomic E-state index is 11.4. The van der Waals surface area contributed by atoms with Gasteiger partial charge in [0.15, 0.2) is 0 Å². The summed E-state index contributed by atoms with van der Waals surface area (Å²) in [5.74, 6) is 0.386. The number of carbonyl (C=O) groups is 1. The Labute approximate surface area is 150 Å². The summed E-state index contributed by atoms with van der Waals surface area (Å²) >= 11 is 2.54. The average molecular weight is 420 g/mol. The fraction of sp³-hybridized carbons (Fsp3) is 0.944. The van der Waals surface area contributed by atoms with Crippen LogP contribution in [0.5, 0.6) is 0 Å². The van der Waals surface area contributed by atoms with Crippen LogP contribution in [-0.2, 0) is 4.79 Å². The van der Waals surface area contributed by atoms with E-state index in [0.29, 0.717) is 30.1 Å². The Kier molecular flexibility index (Phi) is 7.61. The molecule has 1 atom stereocenters. The molecule has 0 aromatic carbocycles. The van der Waals surface area contributed by atoms with E-state index in [9.17, 15) is 4.79 Å².